The van der Waals surface area contributed by atoms with Gasteiger partial charge in [0.15, 0.2) is 0 Å². The highest BCUT2D eigenvalue weighted by Crippen LogP contribution is 2.43. The third-order valence-corrected chi connectivity index (χ3v) is 5.74. The lowest BCUT2D eigenvalue weighted by Gasteiger charge is -2.36. The Bertz CT molecular complexity index is 1160. The minimum absolute atomic E-state index is 0.0317. The molecule has 4 N–H and O–H groups in total. The van der Waals surface area contributed by atoms with Crippen molar-refractivity contribution in [1.82, 2.24) is 9.88 Å². The SMILES string of the molecule is NC(=O)[C@@H](c1ccccc1)N(C(=O)c1cccnc1N)[C@@H]1CCc2c(F)cc(Cl)cc21. The Balaban J connectivity index is 1.90. The lowest BCUT2D eigenvalue weighted by Crippen LogP contribution is -2.43. The van der Waals surface area contributed by atoms with Crippen molar-refractivity contribution in [3.8, 4) is 0 Å². The van der Waals surface area contributed by atoms with Gasteiger partial charge in [-0.1, -0.05) is 41.9 Å². The number of amides is 2. The van der Waals surface area contributed by atoms with Crippen LogP contribution in [0.15, 0.2) is 60.8 Å². The number of carbonyl (C=O) groups is 2. The highest BCUT2D eigenvalue weighted by Gasteiger charge is 2.40. The van der Waals surface area contributed by atoms with Crippen LogP contribution in [0.25, 0.3) is 0 Å². The Morgan fingerprint density at radius 2 is 1.90 bits per heavy atom. The molecule has 2 atom stereocenters. The topological polar surface area (TPSA) is 102 Å². The van der Waals surface area contributed by atoms with Crippen molar-refractivity contribution in [2.45, 2.75) is 24.9 Å². The van der Waals surface area contributed by atoms with E-state index in [1.54, 1.807) is 42.5 Å². The van der Waals surface area contributed by atoms with Crippen molar-refractivity contribution in [2.24, 2.45) is 5.73 Å². The summed E-state index contributed by atoms with van der Waals surface area (Å²) in [4.78, 5) is 31.7. The molecule has 158 valence electrons. The number of rotatable bonds is 5. The van der Waals surface area contributed by atoms with E-state index in [2.05, 4.69) is 4.98 Å². The first-order valence-corrected chi connectivity index (χ1v) is 10.1. The molecule has 0 aliphatic heterocycles. The Labute approximate surface area is 183 Å². The molecule has 2 amide bonds. The summed E-state index contributed by atoms with van der Waals surface area (Å²) < 4.78 is 14.5. The minimum atomic E-state index is -1.09. The molecule has 0 saturated heterocycles. The Hall–Kier alpha value is -3.45. The number of benzene rings is 2. The van der Waals surface area contributed by atoms with Gasteiger partial charge in [-0.15, -0.1) is 0 Å². The van der Waals surface area contributed by atoms with E-state index in [0.29, 0.717) is 29.5 Å². The number of pyridine rings is 1. The number of carbonyl (C=O) groups excluding carboxylic acids is 2. The lowest BCUT2D eigenvalue weighted by atomic mass is 9.98. The molecule has 1 aromatic heterocycles. The van der Waals surface area contributed by atoms with E-state index in [1.165, 1.54) is 23.2 Å². The molecule has 1 aliphatic carbocycles. The number of fused-ring (bicyclic) bond motifs is 1. The fourth-order valence-electron chi connectivity index (χ4n) is 4.18. The zero-order valence-electron chi connectivity index (χ0n) is 16.5. The van der Waals surface area contributed by atoms with E-state index in [0.717, 1.165) is 0 Å². The van der Waals surface area contributed by atoms with Gasteiger partial charge in [0.25, 0.3) is 5.91 Å². The van der Waals surface area contributed by atoms with Crippen LogP contribution in [-0.2, 0) is 11.2 Å². The van der Waals surface area contributed by atoms with Crippen LogP contribution in [0, 0.1) is 5.82 Å². The second kappa shape index (κ2) is 8.35. The largest absolute Gasteiger partial charge is 0.383 e. The molecular formula is C23H20ClFN4O2. The summed E-state index contributed by atoms with van der Waals surface area (Å²) in [5.74, 6) is -1.63. The molecule has 1 heterocycles. The van der Waals surface area contributed by atoms with Crippen molar-refractivity contribution in [3.63, 3.8) is 0 Å². The normalized spacial score (nSPS) is 15.9. The van der Waals surface area contributed by atoms with Crippen LogP contribution in [-0.4, -0.2) is 21.7 Å². The summed E-state index contributed by atoms with van der Waals surface area (Å²) in [7, 11) is 0. The van der Waals surface area contributed by atoms with Crippen LogP contribution < -0.4 is 11.5 Å². The van der Waals surface area contributed by atoms with Crippen LogP contribution >= 0.6 is 11.6 Å². The molecule has 0 fully saturated rings. The van der Waals surface area contributed by atoms with Crippen molar-refractivity contribution in [2.75, 3.05) is 5.73 Å². The van der Waals surface area contributed by atoms with Gasteiger partial charge in [-0.3, -0.25) is 9.59 Å². The average Bonchev–Trinajstić information content (AvgIpc) is 3.16. The zero-order chi connectivity index (χ0) is 22.1. The molecule has 0 unspecified atom stereocenters. The molecule has 0 spiro atoms. The van der Waals surface area contributed by atoms with Gasteiger partial charge < -0.3 is 16.4 Å². The first-order valence-electron chi connectivity index (χ1n) is 9.73. The van der Waals surface area contributed by atoms with Crippen LogP contribution in [0.2, 0.25) is 5.02 Å². The van der Waals surface area contributed by atoms with E-state index in [9.17, 15) is 14.0 Å². The van der Waals surface area contributed by atoms with Gasteiger partial charge in [-0.2, -0.15) is 0 Å². The van der Waals surface area contributed by atoms with Crippen molar-refractivity contribution in [3.05, 3.63) is 93.9 Å². The van der Waals surface area contributed by atoms with Gasteiger partial charge in [0.2, 0.25) is 5.91 Å². The van der Waals surface area contributed by atoms with Crippen LogP contribution in [0.4, 0.5) is 10.2 Å². The van der Waals surface area contributed by atoms with Crippen LogP contribution in [0.5, 0.6) is 0 Å². The number of hydrogen-bond acceptors (Lipinski definition) is 4. The molecule has 8 heteroatoms. The molecular weight excluding hydrogens is 419 g/mol. The predicted molar refractivity (Wildman–Crippen MR) is 116 cm³/mol. The summed E-state index contributed by atoms with van der Waals surface area (Å²) in [5, 5.41) is 0.215. The highest BCUT2D eigenvalue weighted by molar-refractivity contribution is 6.30. The van der Waals surface area contributed by atoms with Crippen molar-refractivity contribution >= 4 is 29.2 Å². The average molecular weight is 439 g/mol. The first-order chi connectivity index (χ1) is 14.9. The lowest BCUT2D eigenvalue weighted by molar-refractivity contribution is -0.123. The van der Waals surface area contributed by atoms with Crippen LogP contribution in [0.3, 0.4) is 0 Å². The fraction of sp³-hybridized carbons (Fsp3) is 0.174. The Morgan fingerprint density at radius 3 is 2.58 bits per heavy atom. The maximum absolute atomic E-state index is 14.5. The molecule has 31 heavy (non-hydrogen) atoms. The van der Waals surface area contributed by atoms with Gasteiger partial charge in [0.05, 0.1) is 11.6 Å². The van der Waals surface area contributed by atoms with Gasteiger partial charge in [0, 0.05) is 11.2 Å². The molecule has 4 rings (SSSR count). The van der Waals surface area contributed by atoms with Crippen molar-refractivity contribution < 1.29 is 14.0 Å². The molecule has 0 radical (unpaired) electrons. The number of hydrogen-bond donors (Lipinski definition) is 2. The quantitative estimate of drug-likeness (QED) is 0.632. The number of nitrogen functional groups attached to an aromatic ring is 1. The third kappa shape index (κ3) is 3.84. The maximum atomic E-state index is 14.5. The van der Waals surface area contributed by atoms with Gasteiger partial charge >= 0.3 is 0 Å². The molecule has 6 nitrogen and oxygen atoms in total. The molecule has 1 aliphatic rings. The molecule has 3 aromatic rings. The summed E-state index contributed by atoms with van der Waals surface area (Å²) in [6, 6.07) is 13.0. The van der Waals surface area contributed by atoms with Crippen molar-refractivity contribution in [1.29, 1.82) is 0 Å². The predicted octanol–water partition coefficient (Wildman–Crippen LogP) is 3.81. The fourth-order valence-corrected chi connectivity index (χ4v) is 4.40. The number of nitrogens with two attached hydrogens (primary N) is 2. The number of nitrogens with zero attached hydrogens (tertiary/aromatic N) is 2. The standard InChI is InChI=1S/C23H20ClFN4O2/c24-14-11-17-15(18(25)12-14)8-9-19(17)29(23(31)16-7-4-10-28-21(16)26)20(22(27)30)13-5-2-1-3-6-13/h1-7,10-12,19-20H,8-9H2,(H2,26,28)(H2,27,30)/t19-,20-/m1/s1. The highest BCUT2D eigenvalue weighted by atomic mass is 35.5. The second-order valence-corrected chi connectivity index (χ2v) is 7.81. The van der Waals surface area contributed by atoms with E-state index in [-0.39, 0.29) is 16.4 Å². The summed E-state index contributed by atoms with van der Waals surface area (Å²) in [5.41, 5.74) is 13.5. The number of primary amides is 1. The number of aromatic nitrogens is 1. The first kappa shape index (κ1) is 20.8. The Morgan fingerprint density at radius 1 is 1.16 bits per heavy atom. The van der Waals surface area contributed by atoms with E-state index < -0.39 is 29.7 Å². The van der Waals surface area contributed by atoms with E-state index in [1.807, 2.05) is 0 Å². The minimum Gasteiger partial charge on any atom is -0.383 e. The number of anilines is 1. The monoisotopic (exact) mass is 438 g/mol. The van der Waals surface area contributed by atoms with E-state index >= 15 is 0 Å². The summed E-state index contributed by atoms with van der Waals surface area (Å²) >= 11 is 6.11. The Kier molecular flexibility index (Phi) is 5.61. The number of halogens is 2. The zero-order valence-corrected chi connectivity index (χ0v) is 17.2. The van der Waals surface area contributed by atoms with E-state index in [4.69, 9.17) is 23.1 Å². The smallest absolute Gasteiger partial charge is 0.259 e. The van der Waals surface area contributed by atoms with Gasteiger partial charge in [-0.05, 0) is 53.8 Å². The summed E-state index contributed by atoms with van der Waals surface area (Å²) in [6.07, 6.45) is 2.28. The molecule has 2 aromatic carbocycles. The maximum Gasteiger partial charge on any atom is 0.259 e. The van der Waals surface area contributed by atoms with Gasteiger partial charge in [-0.25, -0.2) is 9.37 Å². The van der Waals surface area contributed by atoms with Gasteiger partial charge in [0.1, 0.15) is 17.7 Å². The van der Waals surface area contributed by atoms with Crippen LogP contribution in [0.1, 0.15) is 45.6 Å². The molecule has 0 bridgehead atoms. The third-order valence-electron chi connectivity index (χ3n) is 5.52. The summed E-state index contributed by atoms with van der Waals surface area (Å²) in [6.45, 7) is 0. The molecule has 0 saturated carbocycles. The second-order valence-electron chi connectivity index (χ2n) is 7.37.